The van der Waals surface area contributed by atoms with Crippen molar-refractivity contribution < 1.29 is 14.0 Å². The van der Waals surface area contributed by atoms with Crippen molar-refractivity contribution >= 4 is 27.7 Å². The monoisotopic (exact) mass is 328 g/mol. The van der Waals surface area contributed by atoms with Gasteiger partial charge in [-0.15, -0.1) is 0 Å². The molecule has 5 nitrogen and oxygen atoms in total. The molecular formula is C13H17BrN2O3. The quantitative estimate of drug-likeness (QED) is 0.923. The second kappa shape index (κ2) is 5.36. The molecule has 0 aliphatic carbocycles. The predicted octanol–water partition coefficient (Wildman–Crippen LogP) is 2.16. The van der Waals surface area contributed by atoms with Crippen molar-refractivity contribution in [3.8, 4) is 0 Å². The zero-order chi connectivity index (χ0) is 14.0. The Morgan fingerprint density at radius 2 is 2.26 bits per heavy atom. The summed E-state index contributed by atoms with van der Waals surface area (Å²) in [5, 5.41) is 0. The maximum atomic E-state index is 12.3. The Morgan fingerprint density at radius 3 is 2.79 bits per heavy atom. The van der Waals surface area contributed by atoms with Gasteiger partial charge in [0.25, 0.3) is 5.91 Å². The Hall–Kier alpha value is -1.30. The van der Waals surface area contributed by atoms with E-state index in [2.05, 4.69) is 15.9 Å². The van der Waals surface area contributed by atoms with Crippen LogP contribution in [0.15, 0.2) is 21.2 Å². The van der Waals surface area contributed by atoms with Gasteiger partial charge in [0.2, 0.25) is 5.91 Å². The maximum Gasteiger partial charge on any atom is 0.289 e. The fourth-order valence-corrected chi connectivity index (χ4v) is 2.86. The summed E-state index contributed by atoms with van der Waals surface area (Å²) < 4.78 is 5.79. The van der Waals surface area contributed by atoms with Crippen LogP contribution >= 0.6 is 15.9 Å². The Balaban J connectivity index is 2.17. The molecule has 1 fully saturated rings. The minimum atomic E-state index is -0.599. The van der Waals surface area contributed by atoms with Gasteiger partial charge in [0.15, 0.2) is 10.4 Å². The van der Waals surface area contributed by atoms with Gasteiger partial charge in [0.1, 0.15) is 0 Å². The summed E-state index contributed by atoms with van der Waals surface area (Å²) in [6.07, 6.45) is 2.17. The Labute approximate surface area is 120 Å². The molecule has 0 bridgehead atoms. The molecule has 1 aromatic heterocycles. The van der Waals surface area contributed by atoms with Crippen LogP contribution in [0, 0.1) is 5.41 Å². The molecule has 1 unspecified atom stereocenters. The number of carbonyl (C=O) groups is 2. The van der Waals surface area contributed by atoms with E-state index in [0.717, 1.165) is 12.8 Å². The van der Waals surface area contributed by atoms with Crippen LogP contribution in [0.2, 0.25) is 0 Å². The minimum Gasteiger partial charge on any atom is -0.444 e. The van der Waals surface area contributed by atoms with Crippen LogP contribution in [0.1, 0.15) is 36.7 Å². The van der Waals surface area contributed by atoms with E-state index in [1.165, 1.54) is 0 Å². The SMILES string of the molecule is CCC1(C(N)=O)CCCN(C(=O)c2ccc(Br)o2)C1. The van der Waals surface area contributed by atoms with E-state index in [0.29, 0.717) is 24.2 Å². The molecule has 0 radical (unpaired) electrons. The average molecular weight is 329 g/mol. The number of rotatable bonds is 3. The van der Waals surface area contributed by atoms with Crippen molar-refractivity contribution in [1.29, 1.82) is 0 Å². The van der Waals surface area contributed by atoms with Crippen LogP contribution in [0.5, 0.6) is 0 Å². The van der Waals surface area contributed by atoms with E-state index in [-0.39, 0.29) is 17.6 Å². The highest BCUT2D eigenvalue weighted by molar-refractivity contribution is 9.10. The summed E-state index contributed by atoms with van der Waals surface area (Å²) in [6.45, 7) is 2.93. The summed E-state index contributed by atoms with van der Waals surface area (Å²) in [4.78, 5) is 25.6. The van der Waals surface area contributed by atoms with Crippen LogP contribution in [-0.4, -0.2) is 29.8 Å². The lowest BCUT2D eigenvalue weighted by Gasteiger charge is -2.39. The number of primary amides is 1. The van der Waals surface area contributed by atoms with E-state index in [1.54, 1.807) is 17.0 Å². The van der Waals surface area contributed by atoms with Crippen molar-refractivity contribution in [1.82, 2.24) is 4.90 Å². The van der Waals surface area contributed by atoms with Crippen LogP contribution in [0.4, 0.5) is 0 Å². The molecule has 1 aliphatic heterocycles. The number of nitrogens with two attached hydrogens (primary N) is 1. The molecule has 0 spiro atoms. The molecule has 0 saturated carbocycles. The van der Waals surface area contributed by atoms with Crippen molar-refractivity contribution in [3.05, 3.63) is 22.6 Å². The third kappa shape index (κ3) is 2.68. The fourth-order valence-electron chi connectivity index (χ4n) is 2.55. The van der Waals surface area contributed by atoms with Crippen molar-refractivity contribution in [2.24, 2.45) is 11.1 Å². The van der Waals surface area contributed by atoms with E-state index in [1.807, 2.05) is 6.92 Å². The van der Waals surface area contributed by atoms with E-state index in [4.69, 9.17) is 10.2 Å². The third-order valence-corrected chi connectivity index (χ3v) is 4.27. The zero-order valence-corrected chi connectivity index (χ0v) is 12.4. The highest BCUT2D eigenvalue weighted by Crippen LogP contribution is 2.33. The van der Waals surface area contributed by atoms with Crippen molar-refractivity contribution in [3.63, 3.8) is 0 Å². The number of furan rings is 1. The molecular weight excluding hydrogens is 312 g/mol. The largest absolute Gasteiger partial charge is 0.444 e. The van der Waals surface area contributed by atoms with Crippen LogP contribution < -0.4 is 5.73 Å². The lowest BCUT2D eigenvalue weighted by molar-refractivity contribution is -0.130. The molecule has 1 saturated heterocycles. The lowest BCUT2D eigenvalue weighted by Crippen LogP contribution is -2.51. The molecule has 2 rings (SSSR count). The maximum absolute atomic E-state index is 12.3. The summed E-state index contributed by atoms with van der Waals surface area (Å²) in [5.74, 6) is -0.235. The van der Waals surface area contributed by atoms with E-state index < -0.39 is 5.41 Å². The first-order valence-corrected chi connectivity index (χ1v) is 7.12. The summed E-state index contributed by atoms with van der Waals surface area (Å²) >= 11 is 3.17. The third-order valence-electron chi connectivity index (χ3n) is 3.85. The Bertz CT molecular complexity index is 500. The molecule has 0 aromatic carbocycles. The van der Waals surface area contributed by atoms with Gasteiger partial charge in [-0.25, -0.2) is 0 Å². The van der Waals surface area contributed by atoms with Gasteiger partial charge in [-0.05, 0) is 47.3 Å². The van der Waals surface area contributed by atoms with Gasteiger partial charge in [-0.1, -0.05) is 6.92 Å². The minimum absolute atomic E-state index is 0.190. The second-order valence-corrected chi connectivity index (χ2v) is 5.71. The molecule has 1 aliphatic rings. The van der Waals surface area contributed by atoms with Gasteiger partial charge in [-0.2, -0.15) is 0 Å². The molecule has 2 N–H and O–H groups in total. The molecule has 2 amide bonds. The van der Waals surface area contributed by atoms with Gasteiger partial charge < -0.3 is 15.1 Å². The zero-order valence-electron chi connectivity index (χ0n) is 10.8. The van der Waals surface area contributed by atoms with Gasteiger partial charge in [0, 0.05) is 13.1 Å². The highest BCUT2D eigenvalue weighted by atomic mass is 79.9. The Morgan fingerprint density at radius 1 is 1.53 bits per heavy atom. The molecule has 1 atom stereocenters. The van der Waals surface area contributed by atoms with Crippen molar-refractivity contribution in [2.45, 2.75) is 26.2 Å². The van der Waals surface area contributed by atoms with E-state index in [9.17, 15) is 9.59 Å². The van der Waals surface area contributed by atoms with Crippen LogP contribution in [-0.2, 0) is 4.79 Å². The first-order valence-electron chi connectivity index (χ1n) is 6.33. The Kier molecular flexibility index (Phi) is 3.99. The number of hydrogen-bond acceptors (Lipinski definition) is 3. The number of carbonyl (C=O) groups excluding carboxylic acids is 2. The fraction of sp³-hybridized carbons (Fsp3) is 0.538. The normalized spacial score (nSPS) is 23.4. The summed E-state index contributed by atoms with van der Waals surface area (Å²) in [7, 11) is 0. The van der Waals surface area contributed by atoms with Crippen molar-refractivity contribution in [2.75, 3.05) is 13.1 Å². The molecule has 19 heavy (non-hydrogen) atoms. The smallest absolute Gasteiger partial charge is 0.289 e. The number of likely N-dealkylation sites (tertiary alicyclic amines) is 1. The predicted molar refractivity (Wildman–Crippen MR) is 73.5 cm³/mol. The topological polar surface area (TPSA) is 76.5 Å². The number of halogens is 1. The molecule has 6 heteroatoms. The number of piperidine rings is 1. The van der Waals surface area contributed by atoms with Gasteiger partial charge in [-0.3, -0.25) is 9.59 Å². The summed E-state index contributed by atoms with van der Waals surface area (Å²) in [6, 6.07) is 3.30. The molecule has 104 valence electrons. The second-order valence-electron chi connectivity index (χ2n) is 4.93. The number of nitrogens with zero attached hydrogens (tertiary/aromatic N) is 1. The highest BCUT2D eigenvalue weighted by Gasteiger charge is 2.41. The molecule has 2 heterocycles. The standard InChI is InChI=1S/C13H17BrN2O3/c1-2-13(12(15)18)6-3-7-16(8-13)11(17)9-4-5-10(14)19-9/h4-5H,2-3,6-8H2,1H3,(H2,15,18). The van der Waals surface area contributed by atoms with Crippen LogP contribution in [0.3, 0.4) is 0 Å². The number of hydrogen-bond donors (Lipinski definition) is 1. The average Bonchev–Trinajstić information content (AvgIpc) is 2.84. The van der Waals surface area contributed by atoms with Gasteiger partial charge >= 0.3 is 0 Å². The summed E-state index contributed by atoms with van der Waals surface area (Å²) in [5.41, 5.74) is 4.91. The number of amides is 2. The first kappa shape index (κ1) is 14.1. The van der Waals surface area contributed by atoms with Crippen LogP contribution in [0.25, 0.3) is 0 Å². The van der Waals surface area contributed by atoms with E-state index >= 15 is 0 Å². The lowest BCUT2D eigenvalue weighted by atomic mass is 9.77. The molecule has 1 aromatic rings. The first-order chi connectivity index (χ1) is 8.98. The van der Waals surface area contributed by atoms with Gasteiger partial charge in [0.05, 0.1) is 5.41 Å².